The Morgan fingerprint density at radius 1 is 1.00 bits per heavy atom. The summed E-state index contributed by atoms with van der Waals surface area (Å²) in [5, 5.41) is 2.04. The van der Waals surface area contributed by atoms with E-state index in [0.29, 0.717) is 18.8 Å². The van der Waals surface area contributed by atoms with Crippen molar-refractivity contribution in [1.29, 1.82) is 0 Å². The molecule has 0 unspecified atom stereocenters. The molecule has 3 rings (SSSR count). The van der Waals surface area contributed by atoms with E-state index in [2.05, 4.69) is 6.07 Å². The van der Waals surface area contributed by atoms with Gasteiger partial charge in [-0.05, 0) is 29.6 Å². The first kappa shape index (κ1) is 18.5. The largest absolute Gasteiger partial charge is 0.496 e. The summed E-state index contributed by atoms with van der Waals surface area (Å²) in [5.41, 5.74) is 1.02. The predicted molar refractivity (Wildman–Crippen MR) is 109 cm³/mol. The molecule has 26 heavy (non-hydrogen) atoms. The second kappa shape index (κ2) is 9.46. The number of amides is 1. The number of carbonyl (C=O) groups excluding carboxylic acids is 1. The zero-order valence-corrected chi connectivity index (χ0v) is 16.3. The molecule has 134 valence electrons. The highest BCUT2D eigenvalue weighted by Gasteiger charge is 2.17. The minimum absolute atomic E-state index is 0.123. The van der Waals surface area contributed by atoms with E-state index in [1.54, 1.807) is 30.2 Å². The molecule has 0 spiro atoms. The van der Waals surface area contributed by atoms with Crippen LogP contribution < -0.4 is 4.74 Å². The molecule has 0 fully saturated rings. The maximum atomic E-state index is 12.9. The Bertz CT molecular complexity index is 819. The molecule has 5 heteroatoms. The van der Waals surface area contributed by atoms with Crippen LogP contribution in [0.1, 0.15) is 10.4 Å². The lowest BCUT2D eigenvalue weighted by Crippen LogP contribution is -2.31. The first-order chi connectivity index (χ1) is 12.8. The molecule has 0 N–H and O–H groups in total. The summed E-state index contributed by atoms with van der Waals surface area (Å²) >= 11 is 3.24. The minimum Gasteiger partial charge on any atom is -0.496 e. The summed E-state index contributed by atoms with van der Waals surface area (Å²) < 4.78 is 5.45. The summed E-state index contributed by atoms with van der Waals surface area (Å²) in [6.45, 7) is 1.15. The second-order valence-electron chi connectivity index (χ2n) is 5.74. The summed E-state index contributed by atoms with van der Waals surface area (Å²) in [7, 11) is 1.66. The first-order valence-electron chi connectivity index (χ1n) is 8.36. The third-order valence-electron chi connectivity index (χ3n) is 3.94. The van der Waals surface area contributed by atoms with Crippen LogP contribution in [0.25, 0.3) is 0 Å². The lowest BCUT2D eigenvalue weighted by atomic mass is 10.2. The fourth-order valence-electron chi connectivity index (χ4n) is 2.62. The Morgan fingerprint density at radius 2 is 1.77 bits per heavy atom. The van der Waals surface area contributed by atoms with Crippen molar-refractivity contribution in [3.8, 4) is 5.75 Å². The maximum Gasteiger partial charge on any atom is 0.233 e. The average Bonchev–Trinajstić information content (AvgIpc) is 3.20. The van der Waals surface area contributed by atoms with Crippen molar-refractivity contribution in [3.63, 3.8) is 0 Å². The van der Waals surface area contributed by atoms with Gasteiger partial charge in [0.15, 0.2) is 0 Å². The van der Waals surface area contributed by atoms with Crippen LogP contribution in [-0.2, 0) is 17.9 Å². The van der Waals surface area contributed by atoms with Crippen LogP contribution in [0.3, 0.4) is 0 Å². The van der Waals surface area contributed by atoms with Gasteiger partial charge in [-0.25, -0.2) is 0 Å². The van der Waals surface area contributed by atoms with Crippen LogP contribution in [0.2, 0.25) is 0 Å². The molecule has 1 heterocycles. The van der Waals surface area contributed by atoms with Gasteiger partial charge in [-0.3, -0.25) is 4.79 Å². The van der Waals surface area contributed by atoms with E-state index in [9.17, 15) is 4.79 Å². The number of methoxy groups -OCH3 is 1. The normalized spacial score (nSPS) is 10.5. The SMILES string of the molecule is COc1ccccc1CN(Cc1cccs1)C(=O)CSc1ccccc1. The van der Waals surface area contributed by atoms with Crippen LogP contribution in [-0.4, -0.2) is 23.7 Å². The number of carbonyl (C=O) groups is 1. The van der Waals surface area contributed by atoms with Crippen molar-refractivity contribution in [1.82, 2.24) is 4.90 Å². The number of para-hydroxylation sites is 1. The van der Waals surface area contributed by atoms with E-state index >= 15 is 0 Å². The average molecular weight is 384 g/mol. The van der Waals surface area contributed by atoms with Crippen LogP contribution in [0.5, 0.6) is 5.75 Å². The third-order valence-corrected chi connectivity index (χ3v) is 5.80. The Balaban J connectivity index is 1.73. The fraction of sp³-hybridized carbons (Fsp3) is 0.190. The monoisotopic (exact) mass is 383 g/mol. The number of ether oxygens (including phenoxy) is 1. The van der Waals surface area contributed by atoms with Gasteiger partial charge in [0.25, 0.3) is 0 Å². The number of hydrogen-bond acceptors (Lipinski definition) is 4. The van der Waals surface area contributed by atoms with E-state index in [0.717, 1.165) is 16.2 Å². The van der Waals surface area contributed by atoms with Gasteiger partial charge in [-0.15, -0.1) is 23.1 Å². The Kier molecular flexibility index (Phi) is 6.75. The van der Waals surface area contributed by atoms with Crippen molar-refractivity contribution in [2.75, 3.05) is 12.9 Å². The molecule has 1 aromatic heterocycles. The number of rotatable bonds is 8. The highest BCUT2D eigenvalue weighted by molar-refractivity contribution is 8.00. The molecular formula is C21H21NO2S2. The zero-order chi connectivity index (χ0) is 18.2. The van der Waals surface area contributed by atoms with Crippen LogP contribution in [0.4, 0.5) is 0 Å². The molecule has 0 saturated heterocycles. The number of nitrogens with zero attached hydrogens (tertiary/aromatic N) is 1. The molecule has 3 nitrogen and oxygen atoms in total. The minimum atomic E-state index is 0.123. The molecule has 0 bridgehead atoms. The van der Waals surface area contributed by atoms with Gasteiger partial charge in [0, 0.05) is 21.9 Å². The van der Waals surface area contributed by atoms with Gasteiger partial charge in [-0.2, -0.15) is 0 Å². The molecular weight excluding hydrogens is 362 g/mol. The molecule has 0 atom stereocenters. The number of thiophene rings is 1. The standard InChI is InChI=1S/C21H21NO2S2/c1-24-20-12-6-5-8-17(20)14-22(15-19-11-7-13-25-19)21(23)16-26-18-9-3-2-4-10-18/h2-13H,14-16H2,1H3. The van der Waals surface area contributed by atoms with Crippen molar-refractivity contribution in [2.24, 2.45) is 0 Å². The summed E-state index contributed by atoms with van der Waals surface area (Å²) in [5.74, 6) is 1.36. The van der Waals surface area contributed by atoms with Gasteiger partial charge < -0.3 is 9.64 Å². The summed E-state index contributed by atoms with van der Waals surface area (Å²) in [6, 6.07) is 22.0. The van der Waals surface area contributed by atoms with Crippen molar-refractivity contribution >= 4 is 29.0 Å². The molecule has 1 amide bonds. The quantitative estimate of drug-likeness (QED) is 0.508. The van der Waals surface area contributed by atoms with Gasteiger partial charge in [0.05, 0.1) is 19.4 Å². The van der Waals surface area contributed by atoms with Crippen molar-refractivity contribution in [2.45, 2.75) is 18.0 Å². The Hall–Kier alpha value is -2.24. The Morgan fingerprint density at radius 3 is 2.50 bits per heavy atom. The van der Waals surface area contributed by atoms with E-state index in [4.69, 9.17) is 4.74 Å². The number of hydrogen-bond donors (Lipinski definition) is 0. The second-order valence-corrected chi connectivity index (χ2v) is 7.82. The molecule has 2 aromatic carbocycles. The van der Waals surface area contributed by atoms with Gasteiger partial charge in [0.1, 0.15) is 5.75 Å². The van der Waals surface area contributed by atoms with E-state index in [-0.39, 0.29) is 5.91 Å². The summed E-state index contributed by atoms with van der Waals surface area (Å²) in [6.07, 6.45) is 0. The predicted octanol–water partition coefficient (Wildman–Crippen LogP) is 5.08. The highest BCUT2D eigenvalue weighted by Crippen LogP contribution is 2.23. The topological polar surface area (TPSA) is 29.5 Å². The molecule has 0 aliphatic carbocycles. The van der Waals surface area contributed by atoms with Crippen molar-refractivity contribution < 1.29 is 9.53 Å². The Labute approximate surface area is 162 Å². The highest BCUT2D eigenvalue weighted by atomic mass is 32.2. The smallest absolute Gasteiger partial charge is 0.233 e. The van der Waals surface area contributed by atoms with Crippen LogP contribution in [0, 0.1) is 0 Å². The third kappa shape index (κ3) is 5.13. The fourth-order valence-corrected chi connectivity index (χ4v) is 4.16. The number of benzene rings is 2. The molecule has 0 aliphatic rings. The van der Waals surface area contributed by atoms with Crippen molar-refractivity contribution in [3.05, 3.63) is 82.6 Å². The number of thioether (sulfide) groups is 1. The molecule has 0 saturated carbocycles. The van der Waals surface area contributed by atoms with E-state index in [1.165, 1.54) is 4.88 Å². The molecule has 0 radical (unpaired) electrons. The van der Waals surface area contributed by atoms with Gasteiger partial charge >= 0.3 is 0 Å². The summed E-state index contributed by atoms with van der Waals surface area (Å²) in [4.78, 5) is 17.1. The van der Waals surface area contributed by atoms with Gasteiger partial charge in [0.2, 0.25) is 5.91 Å². The lowest BCUT2D eigenvalue weighted by molar-refractivity contribution is -0.129. The first-order valence-corrected chi connectivity index (χ1v) is 10.2. The van der Waals surface area contributed by atoms with E-state index in [1.807, 2.05) is 70.9 Å². The van der Waals surface area contributed by atoms with Crippen LogP contribution in [0.15, 0.2) is 77.0 Å². The lowest BCUT2D eigenvalue weighted by Gasteiger charge is -2.23. The maximum absolute atomic E-state index is 12.9. The van der Waals surface area contributed by atoms with Crippen LogP contribution >= 0.6 is 23.1 Å². The van der Waals surface area contributed by atoms with E-state index < -0.39 is 0 Å². The van der Waals surface area contributed by atoms with Gasteiger partial charge in [-0.1, -0.05) is 42.5 Å². The zero-order valence-electron chi connectivity index (χ0n) is 14.6. The molecule has 3 aromatic rings. The molecule has 0 aliphatic heterocycles.